The van der Waals surface area contributed by atoms with Gasteiger partial charge in [0.1, 0.15) is 11.1 Å². The molecule has 0 aromatic carbocycles. The first-order valence-corrected chi connectivity index (χ1v) is 15.1. The monoisotopic (exact) mass is 622 g/mol. The van der Waals surface area contributed by atoms with Crippen LogP contribution in [0.15, 0.2) is 31.2 Å². The fourth-order valence-electron chi connectivity index (χ4n) is 3.47. The number of allylic oxidation sites excluding steroid dienone is 1. The summed E-state index contributed by atoms with van der Waals surface area (Å²) in [6.45, 7) is 20.9. The summed E-state index contributed by atoms with van der Waals surface area (Å²) in [7, 11) is 1.42. The van der Waals surface area contributed by atoms with Gasteiger partial charge in [-0.2, -0.15) is 0 Å². The molecule has 0 saturated carbocycles. The molecule has 36 heavy (non-hydrogen) atoms. The van der Waals surface area contributed by atoms with Gasteiger partial charge in [-0.05, 0) is 33.8 Å². The van der Waals surface area contributed by atoms with Gasteiger partial charge in [-0.3, -0.25) is 13.3 Å². The van der Waals surface area contributed by atoms with Gasteiger partial charge in [0.15, 0.2) is 11.4 Å². The SMILES string of the molecule is C=Cc1c(/C=C\C)c(-c2cnc3c(n2)c(C(=O)C(C)(C)C)cn3SI)cn1C(=O)OC(C)(C)C.CC. The van der Waals surface area contributed by atoms with E-state index in [0.717, 1.165) is 5.56 Å². The minimum atomic E-state index is -0.651. The lowest BCUT2D eigenvalue weighted by atomic mass is 9.87. The number of hydrogen-bond acceptors (Lipinski definition) is 6. The van der Waals surface area contributed by atoms with Crippen molar-refractivity contribution in [2.75, 3.05) is 0 Å². The molecule has 0 aliphatic rings. The van der Waals surface area contributed by atoms with E-state index in [0.29, 0.717) is 33.7 Å². The number of aromatic nitrogens is 4. The topological polar surface area (TPSA) is 79.0 Å². The highest BCUT2D eigenvalue weighted by Gasteiger charge is 2.29. The van der Waals surface area contributed by atoms with E-state index in [1.165, 1.54) is 13.7 Å². The van der Waals surface area contributed by atoms with Crippen LogP contribution in [0.1, 0.15) is 83.9 Å². The highest BCUT2D eigenvalue weighted by Crippen LogP contribution is 2.34. The zero-order chi connectivity index (χ0) is 27.4. The third-order valence-electron chi connectivity index (χ3n) is 4.94. The molecule has 7 nitrogen and oxygen atoms in total. The van der Waals surface area contributed by atoms with Gasteiger partial charge >= 0.3 is 6.09 Å². The smallest absolute Gasteiger partial charge is 0.419 e. The summed E-state index contributed by atoms with van der Waals surface area (Å²) in [5.74, 6) is -0.0140. The molecule has 0 amide bonds. The Kier molecular flexibility index (Phi) is 9.75. The van der Waals surface area contributed by atoms with Crippen LogP contribution in [-0.4, -0.2) is 36.0 Å². The summed E-state index contributed by atoms with van der Waals surface area (Å²) in [4.78, 5) is 35.6. The van der Waals surface area contributed by atoms with Crippen LogP contribution in [0, 0.1) is 5.41 Å². The van der Waals surface area contributed by atoms with Gasteiger partial charge in [0.05, 0.1) is 23.1 Å². The van der Waals surface area contributed by atoms with E-state index in [1.54, 1.807) is 24.7 Å². The molecule has 3 rings (SSSR count). The lowest BCUT2D eigenvalue weighted by Crippen LogP contribution is -2.27. The number of ketones is 1. The molecule has 0 saturated heterocycles. The average molecular weight is 623 g/mol. The molecule has 3 aromatic rings. The van der Waals surface area contributed by atoms with Gasteiger partial charge in [0, 0.05) is 59.3 Å². The lowest BCUT2D eigenvalue weighted by molar-refractivity contribution is 0.0536. The fourth-order valence-corrected chi connectivity index (χ4v) is 4.71. The summed E-state index contributed by atoms with van der Waals surface area (Å²) in [6.07, 6.45) is 10.0. The zero-order valence-corrected chi connectivity index (χ0v) is 25.4. The Balaban J connectivity index is 0.00000222. The van der Waals surface area contributed by atoms with E-state index in [4.69, 9.17) is 9.72 Å². The van der Waals surface area contributed by atoms with Crippen molar-refractivity contribution >= 4 is 65.5 Å². The van der Waals surface area contributed by atoms with E-state index in [9.17, 15) is 9.59 Å². The Morgan fingerprint density at radius 1 is 1.14 bits per heavy atom. The second-order valence-corrected chi connectivity index (χ2v) is 11.6. The molecule has 0 aliphatic carbocycles. The number of carbonyl (C=O) groups is 2. The van der Waals surface area contributed by atoms with Crippen LogP contribution in [0.3, 0.4) is 0 Å². The number of halogens is 1. The maximum Gasteiger partial charge on any atom is 0.419 e. The largest absolute Gasteiger partial charge is 0.443 e. The molecular formula is C27H35IN4O3S. The van der Waals surface area contributed by atoms with Gasteiger partial charge in [0.2, 0.25) is 0 Å². The van der Waals surface area contributed by atoms with Crippen molar-refractivity contribution in [2.24, 2.45) is 5.41 Å². The fraction of sp³-hybridized carbons (Fsp3) is 0.407. The first kappa shape index (κ1) is 29.8. The Morgan fingerprint density at radius 2 is 1.78 bits per heavy atom. The second-order valence-electron chi connectivity index (χ2n) is 9.84. The summed E-state index contributed by atoms with van der Waals surface area (Å²) in [6, 6.07) is 0. The molecule has 0 atom stereocenters. The van der Waals surface area contributed by atoms with Crippen LogP contribution in [0.5, 0.6) is 0 Å². The minimum absolute atomic E-state index is 0.0140. The molecule has 0 unspecified atom stereocenters. The highest BCUT2D eigenvalue weighted by atomic mass is 127. The van der Waals surface area contributed by atoms with Crippen LogP contribution >= 0.6 is 30.3 Å². The molecular weight excluding hydrogens is 587 g/mol. The average Bonchev–Trinajstić information content (AvgIpc) is 3.36. The predicted molar refractivity (Wildman–Crippen MR) is 160 cm³/mol. The van der Waals surface area contributed by atoms with Crippen molar-refractivity contribution in [2.45, 2.75) is 67.9 Å². The molecule has 3 aromatic heterocycles. The van der Waals surface area contributed by atoms with Crippen molar-refractivity contribution in [3.8, 4) is 11.3 Å². The molecule has 0 spiro atoms. The summed E-state index contributed by atoms with van der Waals surface area (Å²) in [5, 5.41) is 0. The van der Waals surface area contributed by atoms with Crippen molar-refractivity contribution in [1.29, 1.82) is 0 Å². The maximum atomic E-state index is 13.2. The number of fused-ring (bicyclic) bond motifs is 1. The molecule has 0 fully saturated rings. The molecule has 0 N–H and O–H groups in total. The third-order valence-corrected chi connectivity index (χ3v) is 6.64. The van der Waals surface area contributed by atoms with E-state index < -0.39 is 17.1 Å². The van der Waals surface area contributed by atoms with Gasteiger partial charge < -0.3 is 4.74 Å². The van der Waals surface area contributed by atoms with Crippen molar-refractivity contribution in [1.82, 2.24) is 18.5 Å². The van der Waals surface area contributed by atoms with Crippen LogP contribution in [-0.2, 0) is 4.74 Å². The maximum absolute atomic E-state index is 13.2. The van der Waals surface area contributed by atoms with Crippen LogP contribution in [0.4, 0.5) is 4.79 Å². The highest BCUT2D eigenvalue weighted by molar-refractivity contribution is 14.2. The van der Waals surface area contributed by atoms with Crippen LogP contribution in [0.2, 0.25) is 0 Å². The third kappa shape index (κ3) is 6.29. The second kappa shape index (κ2) is 11.8. The van der Waals surface area contributed by atoms with Gasteiger partial charge in [-0.1, -0.05) is 53.3 Å². The normalized spacial score (nSPS) is 11.9. The predicted octanol–water partition coefficient (Wildman–Crippen LogP) is 8.46. The Hall–Kier alpha value is -2.40. The molecule has 0 aliphatic heterocycles. The van der Waals surface area contributed by atoms with Crippen LogP contribution in [0.25, 0.3) is 34.6 Å². The van der Waals surface area contributed by atoms with E-state index in [2.05, 4.69) is 32.8 Å². The lowest BCUT2D eigenvalue weighted by Gasteiger charge is -2.20. The van der Waals surface area contributed by atoms with Crippen LogP contribution < -0.4 is 0 Å². The number of carbonyl (C=O) groups excluding carboxylic acids is 2. The molecule has 3 heterocycles. The number of Topliss-reactive ketones (excluding diaryl/α,β-unsaturated/α-hetero) is 1. The molecule has 194 valence electrons. The number of hydrogen-bond donors (Lipinski definition) is 0. The molecule has 0 bridgehead atoms. The van der Waals surface area contributed by atoms with Crippen molar-refractivity contribution in [3.63, 3.8) is 0 Å². The quantitative estimate of drug-likeness (QED) is 0.210. The summed E-state index contributed by atoms with van der Waals surface area (Å²) in [5.41, 5.74) is 3.03. The Bertz CT molecular complexity index is 1310. The Labute approximate surface area is 230 Å². The number of nitrogens with zero attached hydrogens (tertiary/aromatic N) is 4. The first-order chi connectivity index (χ1) is 16.8. The van der Waals surface area contributed by atoms with Crippen molar-refractivity contribution < 1.29 is 14.3 Å². The standard InChI is InChI=1S/C25H29IN4O3S.C2H6/c1-9-11-15-16(13-29(19(15)10-2)23(32)33-25(6,7)8)18-12-27-22-20(28-18)17(14-30(22)34-26)21(31)24(3,4)5;1-2/h9-14H,2H2,1,3-8H3;1-2H3/b11-9-;. The first-order valence-electron chi connectivity index (χ1n) is 11.8. The summed E-state index contributed by atoms with van der Waals surface area (Å²) < 4.78 is 8.85. The minimum Gasteiger partial charge on any atom is -0.443 e. The van der Waals surface area contributed by atoms with E-state index >= 15 is 0 Å². The zero-order valence-electron chi connectivity index (χ0n) is 22.5. The molecule has 0 radical (unpaired) electrons. The Morgan fingerprint density at radius 3 is 2.28 bits per heavy atom. The van der Waals surface area contributed by atoms with E-state index in [-0.39, 0.29) is 5.78 Å². The van der Waals surface area contributed by atoms with Gasteiger partial charge in [0.25, 0.3) is 0 Å². The summed E-state index contributed by atoms with van der Waals surface area (Å²) >= 11 is 2.15. The van der Waals surface area contributed by atoms with Gasteiger partial charge in [-0.15, -0.1) is 0 Å². The van der Waals surface area contributed by atoms with E-state index in [1.807, 2.05) is 78.4 Å². The number of rotatable bonds is 5. The van der Waals surface area contributed by atoms with Gasteiger partial charge in [-0.25, -0.2) is 14.8 Å². The number of ether oxygens (including phenoxy) is 1. The van der Waals surface area contributed by atoms with Crippen molar-refractivity contribution in [3.05, 3.63) is 48.1 Å². The molecule has 9 heteroatoms.